The molecule has 1 aromatic heterocycles. The van der Waals surface area contributed by atoms with Gasteiger partial charge in [0.1, 0.15) is 5.82 Å². The van der Waals surface area contributed by atoms with Crippen LogP contribution in [-0.2, 0) is 4.79 Å². The van der Waals surface area contributed by atoms with Gasteiger partial charge < -0.3 is 10.3 Å². The van der Waals surface area contributed by atoms with Gasteiger partial charge >= 0.3 is 11.9 Å². The third kappa shape index (κ3) is 5.14. The van der Waals surface area contributed by atoms with Crippen molar-refractivity contribution in [1.82, 2.24) is 9.97 Å². The SMILES string of the molecule is Cc1cc(NC(=O)CCC(F)(F)F)nc(=O)[nH]1. The summed E-state index contributed by atoms with van der Waals surface area (Å²) in [7, 11) is 0. The number of aryl methyl sites for hydroxylation is 1. The molecule has 0 radical (unpaired) electrons. The Balaban J connectivity index is 2.59. The lowest BCUT2D eigenvalue weighted by molar-refractivity contribution is -0.142. The summed E-state index contributed by atoms with van der Waals surface area (Å²) in [4.78, 5) is 27.8. The van der Waals surface area contributed by atoms with E-state index in [-0.39, 0.29) is 5.82 Å². The van der Waals surface area contributed by atoms with Crippen LogP contribution in [0.15, 0.2) is 10.9 Å². The molecule has 0 saturated heterocycles. The van der Waals surface area contributed by atoms with Gasteiger partial charge in [-0.25, -0.2) is 4.79 Å². The highest BCUT2D eigenvalue weighted by Crippen LogP contribution is 2.21. The molecule has 0 saturated carbocycles. The van der Waals surface area contributed by atoms with E-state index in [9.17, 15) is 22.8 Å². The van der Waals surface area contributed by atoms with Crippen LogP contribution in [0.3, 0.4) is 0 Å². The highest BCUT2D eigenvalue weighted by atomic mass is 19.4. The van der Waals surface area contributed by atoms with Gasteiger partial charge in [0.25, 0.3) is 0 Å². The average Bonchev–Trinajstić information content (AvgIpc) is 2.11. The van der Waals surface area contributed by atoms with E-state index in [0.717, 1.165) is 0 Å². The monoisotopic (exact) mass is 249 g/mol. The van der Waals surface area contributed by atoms with Gasteiger partial charge in [0.05, 0.1) is 6.42 Å². The van der Waals surface area contributed by atoms with Crippen LogP contribution < -0.4 is 11.0 Å². The molecule has 0 atom stereocenters. The molecular formula is C9H10F3N3O2. The first-order valence-electron chi connectivity index (χ1n) is 4.71. The summed E-state index contributed by atoms with van der Waals surface area (Å²) in [5, 5.41) is 2.13. The first-order chi connectivity index (χ1) is 7.76. The van der Waals surface area contributed by atoms with E-state index in [1.807, 2.05) is 0 Å². The molecule has 0 aromatic carbocycles. The zero-order chi connectivity index (χ0) is 13.1. The van der Waals surface area contributed by atoms with Crippen LogP contribution in [0.2, 0.25) is 0 Å². The van der Waals surface area contributed by atoms with E-state index in [1.54, 1.807) is 6.92 Å². The Labute approximate surface area is 94.1 Å². The van der Waals surface area contributed by atoms with Crippen LogP contribution in [0.25, 0.3) is 0 Å². The smallest absolute Gasteiger partial charge is 0.310 e. The van der Waals surface area contributed by atoms with Crippen LogP contribution in [0.1, 0.15) is 18.5 Å². The summed E-state index contributed by atoms with van der Waals surface area (Å²) < 4.78 is 35.5. The first-order valence-corrected chi connectivity index (χ1v) is 4.71. The van der Waals surface area contributed by atoms with Crippen LogP contribution in [0, 0.1) is 6.92 Å². The highest BCUT2D eigenvalue weighted by Gasteiger charge is 2.27. The summed E-state index contributed by atoms with van der Waals surface area (Å²) in [5.74, 6) is -0.891. The fourth-order valence-corrected chi connectivity index (χ4v) is 1.10. The predicted molar refractivity (Wildman–Crippen MR) is 53.5 cm³/mol. The minimum Gasteiger partial charge on any atom is -0.310 e. The maximum atomic E-state index is 11.8. The van der Waals surface area contributed by atoms with Crippen molar-refractivity contribution in [3.8, 4) is 0 Å². The first kappa shape index (κ1) is 13.2. The van der Waals surface area contributed by atoms with Gasteiger partial charge in [-0.15, -0.1) is 0 Å². The van der Waals surface area contributed by atoms with Crippen LogP contribution in [0.5, 0.6) is 0 Å². The second-order valence-corrected chi connectivity index (χ2v) is 3.42. The molecule has 0 bridgehead atoms. The third-order valence-electron chi connectivity index (χ3n) is 1.78. The van der Waals surface area contributed by atoms with Gasteiger partial charge in [0.2, 0.25) is 5.91 Å². The fraction of sp³-hybridized carbons (Fsp3) is 0.444. The topological polar surface area (TPSA) is 74.8 Å². The van der Waals surface area contributed by atoms with Crippen molar-refractivity contribution in [2.75, 3.05) is 5.32 Å². The van der Waals surface area contributed by atoms with Crippen LogP contribution >= 0.6 is 0 Å². The summed E-state index contributed by atoms with van der Waals surface area (Å²) >= 11 is 0. The Bertz CT molecular complexity index is 467. The maximum absolute atomic E-state index is 11.8. The van der Waals surface area contributed by atoms with Crippen molar-refractivity contribution in [3.63, 3.8) is 0 Å². The van der Waals surface area contributed by atoms with Gasteiger partial charge in [-0.3, -0.25) is 4.79 Å². The van der Waals surface area contributed by atoms with Crippen molar-refractivity contribution in [1.29, 1.82) is 0 Å². The molecular weight excluding hydrogens is 239 g/mol. The number of hydrogen-bond donors (Lipinski definition) is 2. The number of halogens is 3. The Morgan fingerprint density at radius 1 is 1.53 bits per heavy atom. The molecule has 1 amide bonds. The lowest BCUT2D eigenvalue weighted by Crippen LogP contribution is -2.20. The molecule has 0 spiro atoms. The quantitative estimate of drug-likeness (QED) is 0.849. The molecule has 94 valence electrons. The average molecular weight is 249 g/mol. The number of aromatic amines is 1. The second kappa shape index (κ2) is 4.98. The van der Waals surface area contributed by atoms with Crippen molar-refractivity contribution >= 4 is 11.7 Å². The third-order valence-corrected chi connectivity index (χ3v) is 1.78. The molecule has 0 aliphatic carbocycles. The Morgan fingerprint density at radius 3 is 2.71 bits per heavy atom. The number of carbonyl (C=O) groups excluding carboxylic acids is 1. The van der Waals surface area contributed by atoms with Gasteiger partial charge in [0.15, 0.2) is 0 Å². The maximum Gasteiger partial charge on any atom is 0.389 e. The Hall–Kier alpha value is -1.86. The molecule has 0 fully saturated rings. The van der Waals surface area contributed by atoms with Gasteiger partial charge in [-0.1, -0.05) is 0 Å². The summed E-state index contributed by atoms with van der Waals surface area (Å²) in [6.45, 7) is 1.56. The van der Waals surface area contributed by atoms with Crippen molar-refractivity contribution in [2.45, 2.75) is 25.9 Å². The van der Waals surface area contributed by atoms with E-state index in [4.69, 9.17) is 0 Å². The number of aromatic nitrogens is 2. The molecule has 0 aliphatic heterocycles. The number of alkyl halides is 3. The fourth-order valence-electron chi connectivity index (χ4n) is 1.10. The summed E-state index contributed by atoms with van der Waals surface area (Å²) in [6, 6.07) is 1.35. The number of nitrogens with zero attached hydrogens (tertiary/aromatic N) is 1. The number of rotatable bonds is 3. The minimum atomic E-state index is -4.38. The van der Waals surface area contributed by atoms with E-state index in [1.165, 1.54) is 6.07 Å². The van der Waals surface area contributed by atoms with Crippen molar-refractivity contribution in [2.24, 2.45) is 0 Å². The molecule has 2 N–H and O–H groups in total. The summed E-state index contributed by atoms with van der Waals surface area (Å²) in [5.41, 5.74) is -0.216. The molecule has 1 rings (SSSR count). The van der Waals surface area contributed by atoms with E-state index in [2.05, 4.69) is 15.3 Å². The molecule has 0 unspecified atom stereocenters. The van der Waals surface area contributed by atoms with E-state index in [0.29, 0.717) is 5.69 Å². The zero-order valence-corrected chi connectivity index (χ0v) is 8.89. The van der Waals surface area contributed by atoms with Gasteiger partial charge in [-0.2, -0.15) is 18.2 Å². The normalized spacial score (nSPS) is 11.3. The van der Waals surface area contributed by atoms with Gasteiger partial charge in [0, 0.05) is 18.2 Å². The lowest BCUT2D eigenvalue weighted by Gasteiger charge is -2.06. The molecule has 1 heterocycles. The molecule has 8 heteroatoms. The Kier molecular flexibility index (Phi) is 3.87. The largest absolute Gasteiger partial charge is 0.389 e. The Morgan fingerprint density at radius 2 is 2.18 bits per heavy atom. The summed E-state index contributed by atoms with van der Waals surface area (Å²) in [6.07, 6.45) is -6.28. The molecule has 0 aliphatic rings. The molecule has 1 aromatic rings. The highest BCUT2D eigenvalue weighted by molar-refractivity contribution is 5.89. The number of hydrogen-bond acceptors (Lipinski definition) is 3. The standard InChI is InChI=1S/C9H10F3N3O2/c1-5-4-6(15-8(17)13-5)14-7(16)2-3-9(10,11)12/h4H,2-3H2,1H3,(H2,13,14,15,16,17). The predicted octanol–water partition coefficient (Wildman–Crippen LogP) is 1.36. The van der Waals surface area contributed by atoms with E-state index < -0.39 is 30.6 Å². The zero-order valence-electron chi connectivity index (χ0n) is 8.89. The van der Waals surface area contributed by atoms with Gasteiger partial charge in [-0.05, 0) is 6.92 Å². The van der Waals surface area contributed by atoms with E-state index >= 15 is 0 Å². The number of anilines is 1. The molecule has 17 heavy (non-hydrogen) atoms. The van der Waals surface area contributed by atoms with Crippen molar-refractivity contribution < 1.29 is 18.0 Å². The number of H-pyrrole nitrogens is 1. The number of amides is 1. The second-order valence-electron chi connectivity index (χ2n) is 3.42. The number of carbonyl (C=O) groups is 1. The number of nitrogens with one attached hydrogen (secondary N) is 2. The van der Waals surface area contributed by atoms with Crippen molar-refractivity contribution in [3.05, 3.63) is 22.2 Å². The van der Waals surface area contributed by atoms with Crippen LogP contribution in [0.4, 0.5) is 19.0 Å². The lowest BCUT2D eigenvalue weighted by atomic mass is 10.3. The molecule has 5 nitrogen and oxygen atoms in total. The minimum absolute atomic E-state index is 0.0570. The van der Waals surface area contributed by atoms with Crippen LogP contribution in [-0.4, -0.2) is 22.1 Å².